The molecular weight excluding hydrogens is 396 g/mol. The molecule has 1 atom stereocenters. The second-order valence-electron chi connectivity index (χ2n) is 7.66. The molecule has 3 aromatic heterocycles. The SMILES string of the molecule is C1CCNCC1.CC(C)OC[C@@H](C)Sc1cc(-c2cn[nH]c2)cn2ncc(C#N)c12. The lowest BCUT2D eigenvalue weighted by Crippen LogP contribution is -2.21. The van der Waals surface area contributed by atoms with Crippen LogP contribution in [0.1, 0.15) is 45.6 Å². The van der Waals surface area contributed by atoms with Crippen LogP contribution in [0, 0.1) is 11.3 Å². The van der Waals surface area contributed by atoms with Gasteiger partial charge in [0, 0.05) is 33.7 Å². The van der Waals surface area contributed by atoms with E-state index in [1.165, 1.54) is 32.4 Å². The number of aromatic nitrogens is 4. The molecule has 160 valence electrons. The van der Waals surface area contributed by atoms with Gasteiger partial charge in [-0.1, -0.05) is 13.3 Å². The lowest BCUT2D eigenvalue weighted by molar-refractivity contribution is 0.0820. The Balaban J connectivity index is 0.000000367. The lowest BCUT2D eigenvalue weighted by atomic mass is 10.1. The van der Waals surface area contributed by atoms with Crippen molar-refractivity contribution < 1.29 is 4.74 Å². The van der Waals surface area contributed by atoms with Gasteiger partial charge in [-0.15, -0.1) is 11.8 Å². The van der Waals surface area contributed by atoms with Crippen molar-refractivity contribution in [2.45, 2.75) is 56.3 Å². The molecule has 0 aromatic carbocycles. The third-order valence-corrected chi connectivity index (χ3v) is 5.83. The number of H-pyrrole nitrogens is 1. The van der Waals surface area contributed by atoms with Crippen LogP contribution < -0.4 is 5.32 Å². The average Bonchev–Trinajstić information content (AvgIpc) is 3.44. The van der Waals surface area contributed by atoms with E-state index in [0.29, 0.717) is 12.2 Å². The zero-order valence-corrected chi connectivity index (χ0v) is 18.7. The smallest absolute Gasteiger partial charge is 0.103 e. The van der Waals surface area contributed by atoms with E-state index < -0.39 is 0 Å². The highest BCUT2D eigenvalue weighted by atomic mass is 32.2. The molecule has 0 radical (unpaired) electrons. The van der Waals surface area contributed by atoms with E-state index in [2.05, 4.69) is 39.7 Å². The molecule has 1 saturated heterocycles. The van der Waals surface area contributed by atoms with Crippen molar-refractivity contribution >= 4 is 17.3 Å². The number of nitrogens with one attached hydrogen (secondary N) is 2. The van der Waals surface area contributed by atoms with Crippen molar-refractivity contribution in [3.63, 3.8) is 0 Å². The predicted octanol–water partition coefficient (Wildman–Crippen LogP) is 4.26. The number of pyridine rings is 1. The van der Waals surface area contributed by atoms with Gasteiger partial charge in [-0.25, -0.2) is 4.52 Å². The first-order valence-corrected chi connectivity index (χ1v) is 11.4. The van der Waals surface area contributed by atoms with Crippen molar-refractivity contribution in [1.29, 1.82) is 5.26 Å². The van der Waals surface area contributed by atoms with Gasteiger partial charge in [0.15, 0.2) is 0 Å². The van der Waals surface area contributed by atoms with Gasteiger partial charge in [0.25, 0.3) is 0 Å². The van der Waals surface area contributed by atoms with Crippen molar-refractivity contribution in [3.05, 3.63) is 36.4 Å². The molecule has 7 nitrogen and oxygen atoms in total. The number of rotatable bonds is 6. The van der Waals surface area contributed by atoms with Crippen molar-refractivity contribution in [3.8, 4) is 17.2 Å². The van der Waals surface area contributed by atoms with Crippen molar-refractivity contribution in [1.82, 2.24) is 25.1 Å². The third kappa shape index (κ3) is 6.08. The number of ether oxygens (including phenoxy) is 1. The summed E-state index contributed by atoms with van der Waals surface area (Å²) in [5.74, 6) is 0. The highest BCUT2D eigenvalue weighted by Crippen LogP contribution is 2.33. The summed E-state index contributed by atoms with van der Waals surface area (Å²) in [6.07, 6.45) is 11.6. The van der Waals surface area contributed by atoms with Crippen LogP contribution in [0.25, 0.3) is 16.6 Å². The van der Waals surface area contributed by atoms with Crippen LogP contribution in [-0.4, -0.2) is 50.9 Å². The minimum Gasteiger partial charge on any atom is -0.378 e. The van der Waals surface area contributed by atoms with E-state index in [9.17, 15) is 5.26 Å². The van der Waals surface area contributed by atoms with E-state index in [-0.39, 0.29) is 11.4 Å². The maximum Gasteiger partial charge on any atom is 0.103 e. The van der Waals surface area contributed by atoms with Crippen LogP contribution in [-0.2, 0) is 4.74 Å². The Morgan fingerprint density at radius 3 is 2.57 bits per heavy atom. The molecule has 4 rings (SSSR count). The molecule has 0 spiro atoms. The minimum absolute atomic E-state index is 0.204. The Morgan fingerprint density at radius 1 is 1.20 bits per heavy atom. The third-order valence-electron chi connectivity index (χ3n) is 4.73. The molecule has 0 unspecified atom stereocenters. The average molecular weight is 427 g/mol. The first kappa shape index (κ1) is 22.3. The van der Waals surface area contributed by atoms with Gasteiger partial charge in [0.2, 0.25) is 0 Å². The van der Waals surface area contributed by atoms with E-state index in [4.69, 9.17) is 4.74 Å². The number of thioether (sulfide) groups is 1. The van der Waals surface area contributed by atoms with Crippen LogP contribution in [0.2, 0.25) is 0 Å². The molecular formula is C22H30N6OS. The molecule has 3 aromatic rings. The van der Waals surface area contributed by atoms with Crippen molar-refractivity contribution in [2.75, 3.05) is 19.7 Å². The second kappa shape index (κ2) is 11.2. The van der Waals surface area contributed by atoms with E-state index in [1.807, 2.05) is 26.2 Å². The summed E-state index contributed by atoms with van der Waals surface area (Å²) < 4.78 is 7.47. The van der Waals surface area contributed by atoms with Gasteiger partial charge in [-0.3, -0.25) is 5.10 Å². The van der Waals surface area contributed by atoms with E-state index in [0.717, 1.165) is 21.5 Å². The summed E-state index contributed by atoms with van der Waals surface area (Å²) >= 11 is 1.69. The molecule has 4 heterocycles. The first-order valence-electron chi connectivity index (χ1n) is 10.5. The number of nitriles is 1. The lowest BCUT2D eigenvalue weighted by Gasteiger charge is -2.15. The molecule has 30 heavy (non-hydrogen) atoms. The highest BCUT2D eigenvalue weighted by Gasteiger charge is 2.16. The van der Waals surface area contributed by atoms with Crippen LogP contribution >= 0.6 is 11.8 Å². The van der Waals surface area contributed by atoms with Crippen molar-refractivity contribution in [2.24, 2.45) is 0 Å². The monoisotopic (exact) mass is 426 g/mol. The van der Waals surface area contributed by atoms with Crippen LogP contribution in [0.15, 0.2) is 35.7 Å². The molecule has 0 amide bonds. The summed E-state index contributed by atoms with van der Waals surface area (Å²) in [5.41, 5.74) is 3.40. The molecule has 0 bridgehead atoms. The normalized spacial score (nSPS) is 14.9. The fourth-order valence-electron chi connectivity index (χ4n) is 3.20. The summed E-state index contributed by atoms with van der Waals surface area (Å²) in [6.45, 7) is 9.33. The Kier molecular flexibility index (Phi) is 8.31. The number of hydrogen-bond donors (Lipinski definition) is 2. The quantitative estimate of drug-likeness (QED) is 0.572. The zero-order valence-electron chi connectivity index (χ0n) is 17.9. The molecule has 2 N–H and O–H groups in total. The fraction of sp³-hybridized carbons (Fsp3) is 0.500. The van der Waals surface area contributed by atoms with Crippen LogP contribution in [0.4, 0.5) is 0 Å². The van der Waals surface area contributed by atoms with Crippen LogP contribution in [0.5, 0.6) is 0 Å². The number of piperidine rings is 1. The minimum atomic E-state index is 0.204. The van der Waals surface area contributed by atoms with Gasteiger partial charge in [0.05, 0.1) is 36.2 Å². The maximum absolute atomic E-state index is 9.36. The number of nitrogens with zero attached hydrogens (tertiary/aromatic N) is 4. The molecule has 0 aliphatic carbocycles. The van der Waals surface area contributed by atoms with Gasteiger partial charge in [-0.2, -0.15) is 15.5 Å². The Hall–Kier alpha value is -2.34. The zero-order chi connectivity index (χ0) is 21.3. The second-order valence-corrected chi connectivity index (χ2v) is 9.14. The largest absolute Gasteiger partial charge is 0.378 e. The van der Waals surface area contributed by atoms with Gasteiger partial charge in [0.1, 0.15) is 6.07 Å². The molecule has 0 saturated carbocycles. The summed E-state index contributed by atoms with van der Waals surface area (Å²) in [4.78, 5) is 1.02. The van der Waals surface area contributed by atoms with Gasteiger partial charge >= 0.3 is 0 Å². The summed E-state index contributed by atoms with van der Waals surface area (Å²) in [7, 11) is 0. The first-order chi connectivity index (χ1) is 14.6. The number of aromatic amines is 1. The molecule has 8 heteroatoms. The Morgan fingerprint density at radius 2 is 2.00 bits per heavy atom. The molecule has 1 fully saturated rings. The number of hydrogen-bond acceptors (Lipinski definition) is 6. The summed E-state index contributed by atoms with van der Waals surface area (Å²) in [6, 6.07) is 4.30. The topological polar surface area (TPSA) is 91.0 Å². The molecule has 1 aliphatic heterocycles. The molecule has 1 aliphatic rings. The standard InChI is InChI=1S/C17H19N5OS.C5H11N/c1-11(2)23-10-12(3)24-16-4-13(15-6-19-20-7-15)9-22-17(16)14(5-18)8-21-22;1-2-4-6-5-3-1/h4,6-9,11-12H,10H2,1-3H3,(H,19,20);6H,1-5H2/t12-;/m1./s1. The van der Waals surface area contributed by atoms with E-state index in [1.54, 1.807) is 28.7 Å². The van der Waals surface area contributed by atoms with Crippen LogP contribution in [0.3, 0.4) is 0 Å². The van der Waals surface area contributed by atoms with E-state index >= 15 is 0 Å². The Labute approximate surface area is 182 Å². The predicted molar refractivity (Wildman–Crippen MR) is 121 cm³/mol. The van der Waals surface area contributed by atoms with Gasteiger partial charge in [-0.05, 0) is 45.8 Å². The summed E-state index contributed by atoms with van der Waals surface area (Å²) in [5, 5.41) is 24.1. The Bertz CT molecular complexity index is 945. The number of fused-ring (bicyclic) bond motifs is 1. The highest BCUT2D eigenvalue weighted by molar-refractivity contribution is 8.00. The fourth-order valence-corrected chi connectivity index (χ4v) is 4.29. The maximum atomic E-state index is 9.36. The van der Waals surface area contributed by atoms with Gasteiger partial charge < -0.3 is 10.1 Å².